The van der Waals surface area contributed by atoms with E-state index >= 15 is 0 Å². The molecular formula is C14H20FN3O. The highest BCUT2D eigenvalue weighted by atomic mass is 19.1. The number of fused-ring (bicyclic) bond motifs is 3. The molecule has 3 saturated heterocycles. The number of rotatable bonds is 3. The van der Waals surface area contributed by atoms with Crippen molar-refractivity contribution in [2.24, 2.45) is 5.73 Å². The number of nitrogens with two attached hydrogens (primary N) is 1. The van der Waals surface area contributed by atoms with Gasteiger partial charge < -0.3 is 10.5 Å². The fraction of sp³-hybridized carbons (Fsp3) is 0.571. The maximum atomic E-state index is 14.3. The third-order valence-corrected chi connectivity index (χ3v) is 4.31. The SMILES string of the molecule is COc1cccc(C(N)C2CN3CCN2CC3)c1F. The molecule has 3 fully saturated rings. The van der Waals surface area contributed by atoms with E-state index in [4.69, 9.17) is 10.5 Å². The standard InChI is InChI=1S/C14H20FN3O/c1-19-12-4-2-3-10(13(12)15)14(16)11-9-17-5-7-18(11)8-6-17/h2-4,11,14H,5-9,16H2,1H3. The molecule has 0 radical (unpaired) electrons. The van der Waals surface area contributed by atoms with Gasteiger partial charge in [-0.2, -0.15) is 0 Å². The number of ether oxygens (including phenoxy) is 1. The summed E-state index contributed by atoms with van der Waals surface area (Å²) >= 11 is 0. The number of hydrogen-bond donors (Lipinski definition) is 1. The lowest BCUT2D eigenvalue weighted by molar-refractivity contribution is 0.00166. The van der Waals surface area contributed by atoms with Crippen LogP contribution in [0.1, 0.15) is 11.6 Å². The van der Waals surface area contributed by atoms with E-state index in [0.29, 0.717) is 5.56 Å². The molecule has 2 atom stereocenters. The van der Waals surface area contributed by atoms with E-state index in [0.717, 1.165) is 32.7 Å². The first kappa shape index (κ1) is 12.8. The minimum Gasteiger partial charge on any atom is -0.494 e. The molecule has 3 heterocycles. The van der Waals surface area contributed by atoms with Crippen LogP contribution >= 0.6 is 0 Å². The predicted octanol–water partition coefficient (Wildman–Crippen LogP) is 0.834. The van der Waals surface area contributed by atoms with Crippen molar-refractivity contribution in [3.8, 4) is 5.75 Å². The zero-order valence-corrected chi connectivity index (χ0v) is 11.2. The van der Waals surface area contributed by atoms with Crippen molar-refractivity contribution in [2.75, 3.05) is 39.8 Å². The maximum Gasteiger partial charge on any atom is 0.169 e. The summed E-state index contributed by atoms with van der Waals surface area (Å²) < 4.78 is 19.3. The zero-order chi connectivity index (χ0) is 13.4. The topological polar surface area (TPSA) is 41.7 Å². The lowest BCUT2D eigenvalue weighted by Crippen LogP contribution is -2.63. The Kier molecular flexibility index (Phi) is 3.43. The van der Waals surface area contributed by atoms with Gasteiger partial charge in [-0.05, 0) is 6.07 Å². The molecule has 1 aromatic carbocycles. The summed E-state index contributed by atoms with van der Waals surface area (Å²) in [5.41, 5.74) is 6.87. The van der Waals surface area contributed by atoms with Gasteiger partial charge in [0.2, 0.25) is 0 Å². The fourth-order valence-electron chi connectivity index (χ4n) is 3.15. The van der Waals surface area contributed by atoms with Crippen molar-refractivity contribution in [1.29, 1.82) is 0 Å². The Morgan fingerprint density at radius 3 is 2.63 bits per heavy atom. The number of methoxy groups -OCH3 is 1. The Balaban J connectivity index is 1.86. The van der Waals surface area contributed by atoms with Crippen LogP contribution < -0.4 is 10.5 Å². The highest BCUT2D eigenvalue weighted by Crippen LogP contribution is 2.30. The van der Waals surface area contributed by atoms with Gasteiger partial charge in [0.05, 0.1) is 7.11 Å². The molecule has 5 heteroatoms. The van der Waals surface area contributed by atoms with Crippen LogP contribution in [0.2, 0.25) is 0 Å². The van der Waals surface area contributed by atoms with Crippen LogP contribution in [0, 0.1) is 5.82 Å². The van der Waals surface area contributed by atoms with Gasteiger partial charge in [-0.25, -0.2) is 4.39 Å². The van der Waals surface area contributed by atoms with Crippen molar-refractivity contribution in [3.05, 3.63) is 29.6 Å². The average Bonchev–Trinajstić information content (AvgIpc) is 2.48. The zero-order valence-electron chi connectivity index (χ0n) is 11.2. The first-order valence-corrected chi connectivity index (χ1v) is 6.75. The lowest BCUT2D eigenvalue weighted by atomic mass is 9.94. The van der Waals surface area contributed by atoms with E-state index < -0.39 is 0 Å². The molecule has 0 spiro atoms. The normalized spacial score (nSPS) is 31.2. The molecule has 2 bridgehead atoms. The van der Waals surface area contributed by atoms with Gasteiger partial charge >= 0.3 is 0 Å². The Morgan fingerprint density at radius 2 is 2.05 bits per heavy atom. The molecule has 19 heavy (non-hydrogen) atoms. The molecule has 0 aliphatic carbocycles. The van der Waals surface area contributed by atoms with Gasteiger partial charge in [-0.1, -0.05) is 12.1 Å². The summed E-state index contributed by atoms with van der Waals surface area (Å²) in [6, 6.07) is 5.08. The van der Waals surface area contributed by atoms with Crippen molar-refractivity contribution in [2.45, 2.75) is 12.1 Å². The van der Waals surface area contributed by atoms with Gasteiger partial charge in [-0.15, -0.1) is 0 Å². The highest BCUT2D eigenvalue weighted by molar-refractivity contribution is 5.34. The average molecular weight is 265 g/mol. The minimum atomic E-state index is -0.324. The second-order valence-corrected chi connectivity index (χ2v) is 5.29. The smallest absolute Gasteiger partial charge is 0.169 e. The van der Waals surface area contributed by atoms with Gasteiger partial charge in [0.15, 0.2) is 11.6 Å². The van der Waals surface area contributed by atoms with E-state index in [9.17, 15) is 4.39 Å². The molecule has 3 aliphatic rings. The molecule has 3 aliphatic heterocycles. The van der Waals surface area contributed by atoms with Crippen molar-refractivity contribution >= 4 is 0 Å². The molecule has 0 saturated carbocycles. The number of piperazine rings is 3. The summed E-state index contributed by atoms with van der Waals surface area (Å²) in [6.07, 6.45) is 0. The van der Waals surface area contributed by atoms with E-state index in [2.05, 4.69) is 9.80 Å². The molecule has 4 nitrogen and oxygen atoms in total. The summed E-state index contributed by atoms with van der Waals surface area (Å²) in [5, 5.41) is 0. The van der Waals surface area contributed by atoms with E-state index in [1.165, 1.54) is 7.11 Å². The molecule has 0 aromatic heterocycles. The first-order valence-electron chi connectivity index (χ1n) is 6.75. The van der Waals surface area contributed by atoms with Crippen LogP contribution in [0.5, 0.6) is 5.75 Å². The Bertz CT molecular complexity index is 460. The van der Waals surface area contributed by atoms with Crippen molar-refractivity contribution < 1.29 is 9.13 Å². The largest absolute Gasteiger partial charge is 0.494 e. The van der Waals surface area contributed by atoms with Crippen LogP contribution in [-0.2, 0) is 0 Å². The van der Waals surface area contributed by atoms with Gasteiger partial charge in [0.25, 0.3) is 0 Å². The summed E-state index contributed by atoms with van der Waals surface area (Å²) in [6.45, 7) is 5.19. The predicted molar refractivity (Wildman–Crippen MR) is 71.7 cm³/mol. The molecule has 104 valence electrons. The van der Waals surface area contributed by atoms with Gasteiger partial charge in [0, 0.05) is 50.4 Å². The molecular weight excluding hydrogens is 245 g/mol. The summed E-state index contributed by atoms with van der Waals surface area (Å²) in [5.74, 6) is -0.0561. The van der Waals surface area contributed by atoms with Gasteiger partial charge in [-0.3, -0.25) is 9.80 Å². The molecule has 2 N–H and O–H groups in total. The second-order valence-electron chi connectivity index (χ2n) is 5.29. The third-order valence-electron chi connectivity index (χ3n) is 4.31. The van der Waals surface area contributed by atoms with Crippen LogP contribution in [-0.4, -0.2) is 55.7 Å². The van der Waals surface area contributed by atoms with Crippen LogP contribution in [0.25, 0.3) is 0 Å². The Morgan fingerprint density at radius 1 is 1.32 bits per heavy atom. The van der Waals surface area contributed by atoms with Crippen LogP contribution in [0.15, 0.2) is 18.2 Å². The number of halogens is 1. The van der Waals surface area contributed by atoms with Crippen molar-refractivity contribution in [3.63, 3.8) is 0 Å². The number of benzene rings is 1. The van der Waals surface area contributed by atoms with Crippen molar-refractivity contribution in [1.82, 2.24) is 9.80 Å². The fourth-order valence-corrected chi connectivity index (χ4v) is 3.15. The van der Waals surface area contributed by atoms with E-state index in [1.54, 1.807) is 18.2 Å². The minimum absolute atomic E-state index is 0.198. The summed E-state index contributed by atoms with van der Waals surface area (Å²) in [4.78, 5) is 4.78. The van der Waals surface area contributed by atoms with Crippen LogP contribution in [0.3, 0.4) is 0 Å². The number of nitrogens with zero attached hydrogens (tertiary/aromatic N) is 2. The number of hydrogen-bond acceptors (Lipinski definition) is 4. The van der Waals surface area contributed by atoms with E-state index in [1.807, 2.05) is 0 Å². The molecule has 2 unspecified atom stereocenters. The monoisotopic (exact) mass is 265 g/mol. The van der Waals surface area contributed by atoms with Crippen LogP contribution in [0.4, 0.5) is 4.39 Å². The highest BCUT2D eigenvalue weighted by Gasteiger charge is 2.36. The molecule has 1 aromatic rings. The lowest BCUT2D eigenvalue weighted by Gasteiger charge is -2.49. The van der Waals surface area contributed by atoms with Gasteiger partial charge in [0.1, 0.15) is 0 Å². The quantitative estimate of drug-likeness (QED) is 0.879. The second kappa shape index (κ2) is 5.07. The first-order chi connectivity index (χ1) is 9.20. The Hall–Kier alpha value is -1.17. The third kappa shape index (κ3) is 2.22. The molecule has 4 rings (SSSR count). The molecule has 0 amide bonds. The maximum absolute atomic E-state index is 14.3. The summed E-state index contributed by atoms with van der Waals surface area (Å²) in [7, 11) is 1.48. The van der Waals surface area contributed by atoms with E-state index in [-0.39, 0.29) is 23.7 Å². The Labute approximate surface area is 112 Å².